The molecule has 3 atom stereocenters. The number of nitrogens with two attached hydrogens (primary N) is 1. The molecule has 0 saturated carbocycles. The van der Waals surface area contributed by atoms with Crippen LogP contribution in [0.15, 0.2) is 42.5 Å². The van der Waals surface area contributed by atoms with Gasteiger partial charge in [0.25, 0.3) is 0 Å². The van der Waals surface area contributed by atoms with Crippen molar-refractivity contribution in [1.29, 1.82) is 0 Å². The third-order valence-electron chi connectivity index (χ3n) is 4.88. The number of aldehydes is 1. The fraction of sp³-hybridized carbons (Fsp3) is 0.348. The number of phenols is 1. The first-order valence-corrected chi connectivity index (χ1v) is 10.1. The van der Waals surface area contributed by atoms with E-state index >= 15 is 0 Å². The van der Waals surface area contributed by atoms with Gasteiger partial charge in [0.2, 0.25) is 11.8 Å². The summed E-state index contributed by atoms with van der Waals surface area (Å²) >= 11 is 0. The van der Waals surface area contributed by atoms with Crippen molar-refractivity contribution in [2.24, 2.45) is 5.73 Å². The van der Waals surface area contributed by atoms with Crippen LogP contribution in [0.5, 0.6) is 17.2 Å². The van der Waals surface area contributed by atoms with Gasteiger partial charge in [-0.15, -0.1) is 0 Å². The zero-order valence-electron chi connectivity index (χ0n) is 18.3. The van der Waals surface area contributed by atoms with E-state index in [0.29, 0.717) is 17.8 Å². The summed E-state index contributed by atoms with van der Waals surface area (Å²) in [5.74, 6) is 0.193. The van der Waals surface area contributed by atoms with Crippen molar-refractivity contribution in [3.63, 3.8) is 0 Å². The second-order valence-electron chi connectivity index (χ2n) is 7.35. The summed E-state index contributed by atoms with van der Waals surface area (Å²) in [5.41, 5.74) is 7.48. The van der Waals surface area contributed by atoms with Crippen LogP contribution in [0, 0.1) is 0 Å². The molecule has 0 heterocycles. The molecule has 0 bridgehead atoms. The van der Waals surface area contributed by atoms with Gasteiger partial charge >= 0.3 is 0 Å². The van der Waals surface area contributed by atoms with Gasteiger partial charge in [0.1, 0.15) is 18.1 Å². The summed E-state index contributed by atoms with van der Waals surface area (Å²) in [6.07, 6.45) is 1.13. The summed E-state index contributed by atoms with van der Waals surface area (Å²) in [5, 5.41) is 14.5. The predicted octanol–water partition coefficient (Wildman–Crippen LogP) is 0.710. The van der Waals surface area contributed by atoms with Crippen molar-refractivity contribution >= 4 is 18.1 Å². The molecular weight excluding hydrogens is 414 g/mol. The number of aromatic hydroxyl groups is 1. The number of phenolic OH excluding ortho intramolecular Hbond substituents is 1. The lowest BCUT2D eigenvalue weighted by Gasteiger charge is -2.20. The van der Waals surface area contributed by atoms with Crippen molar-refractivity contribution < 1.29 is 29.0 Å². The Bertz CT molecular complexity index is 932. The molecule has 2 aromatic carbocycles. The number of benzene rings is 2. The molecule has 0 fully saturated rings. The molecule has 0 spiro atoms. The monoisotopic (exact) mass is 443 g/mol. The van der Waals surface area contributed by atoms with Crippen LogP contribution in [0.2, 0.25) is 0 Å². The number of carbonyl (C=O) groups excluding carboxylic acids is 3. The van der Waals surface area contributed by atoms with Crippen LogP contribution >= 0.6 is 0 Å². The third kappa shape index (κ3) is 6.98. The third-order valence-corrected chi connectivity index (χ3v) is 4.88. The molecule has 0 aliphatic heterocycles. The van der Waals surface area contributed by atoms with Crippen molar-refractivity contribution in [1.82, 2.24) is 10.6 Å². The van der Waals surface area contributed by atoms with E-state index in [1.807, 2.05) is 0 Å². The number of rotatable bonds is 11. The molecule has 0 aliphatic rings. The molecular formula is C23H29N3O6. The Kier molecular flexibility index (Phi) is 9.03. The van der Waals surface area contributed by atoms with E-state index in [9.17, 15) is 19.5 Å². The maximum atomic E-state index is 12.5. The minimum absolute atomic E-state index is 0.120. The predicted molar refractivity (Wildman–Crippen MR) is 119 cm³/mol. The first-order chi connectivity index (χ1) is 15.3. The van der Waals surface area contributed by atoms with E-state index in [1.165, 1.54) is 33.3 Å². The van der Waals surface area contributed by atoms with Crippen molar-refractivity contribution in [2.45, 2.75) is 37.9 Å². The zero-order valence-corrected chi connectivity index (χ0v) is 18.3. The molecule has 32 heavy (non-hydrogen) atoms. The lowest BCUT2D eigenvalue weighted by Crippen LogP contribution is -2.53. The minimum Gasteiger partial charge on any atom is -0.508 e. The van der Waals surface area contributed by atoms with Gasteiger partial charge in [-0.1, -0.05) is 18.2 Å². The number of ether oxygens (including phenoxy) is 2. The van der Waals surface area contributed by atoms with E-state index in [4.69, 9.17) is 15.2 Å². The molecule has 5 N–H and O–H groups in total. The largest absolute Gasteiger partial charge is 0.508 e. The van der Waals surface area contributed by atoms with Crippen LogP contribution in [0.4, 0.5) is 0 Å². The number of hydrogen-bond donors (Lipinski definition) is 4. The van der Waals surface area contributed by atoms with E-state index in [1.54, 1.807) is 30.3 Å². The molecule has 9 heteroatoms. The standard InChI is InChI=1S/C23H29N3O6/c1-14(25-23(30)19(24)11-15-4-7-18(28)8-5-15)22(29)26-17(13-27)10-16-6-9-20(31-2)21(12-16)32-3/h4-9,12-14,17,19,28H,10-11,24H2,1-3H3,(H,25,30)(H,26,29)/t14-,17+,19+/m1/s1. The normalized spacial score (nSPS) is 13.4. The van der Waals surface area contributed by atoms with Crippen LogP contribution in [-0.2, 0) is 27.2 Å². The number of methoxy groups -OCH3 is 2. The zero-order chi connectivity index (χ0) is 23.7. The van der Waals surface area contributed by atoms with Crippen LogP contribution in [0.3, 0.4) is 0 Å². The topological polar surface area (TPSA) is 140 Å². The quantitative estimate of drug-likeness (QED) is 0.375. The van der Waals surface area contributed by atoms with Crippen LogP contribution in [-0.4, -0.2) is 55.6 Å². The second-order valence-corrected chi connectivity index (χ2v) is 7.35. The Morgan fingerprint density at radius 1 is 0.969 bits per heavy atom. The average molecular weight is 444 g/mol. The Labute approximate surface area is 186 Å². The highest BCUT2D eigenvalue weighted by molar-refractivity contribution is 5.90. The lowest BCUT2D eigenvalue weighted by atomic mass is 10.0. The molecule has 9 nitrogen and oxygen atoms in total. The molecule has 0 unspecified atom stereocenters. The van der Waals surface area contributed by atoms with Gasteiger partial charge in [0.15, 0.2) is 11.5 Å². The summed E-state index contributed by atoms with van der Waals surface area (Å²) in [4.78, 5) is 36.3. The number of hydrogen-bond acceptors (Lipinski definition) is 7. The summed E-state index contributed by atoms with van der Waals surface area (Å²) < 4.78 is 10.4. The summed E-state index contributed by atoms with van der Waals surface area (Å²) in [7, 11) is 3.04. The summed E-state index contributed by atoms with van der Waals surface area (Å²) in [6, 6.07) is 9.03. The van der Waals surface area contributed by atoms with Gasteiger partial charge in [-0.3, -0.25) is 9.59 Å². The van der Waals surface area contributed by atoms with E-state index in [2.05, 4.69) is 10.6 Å². The average Bonchev–Trinajstić information content (AvgIpc) is 2.79. The van der Waals surface area contributed by atoms with Gasteiger partial charge in [-0.25, -0.2) is 0 Å². The van der Waals surface area contributed by atoms with Gasteiger partial charge in [0.05, 0.1) is 26.3 Å². The summed E-state index contributed by atoms with van der Waals surface area (Å²) in [6.45, 7) is 1.51. The van der Waals surface area contributed by atoms with Gasteiger partial charge in [0, 0.05) is 0 Å². The molecule has 2 aromatic rings. The van der Waals surface area contributed by atoms with Gasteiger partial charge in [-0.2, -0.15) is 0 Å². The maximum absolute atomic E-state index is 12.5. The highest BCUT2D eigenvalue weighted by Gasteiger charge is 2.22. The first kappa shape index (κ1) is 24.7. The smallest absolute Gasteiger partial charge is 0.242 e. The van der Waals surface area contributed by atoms with Crippen LogP contribution in [0.1, 0.15) is 18.1 Å². The number of nitrogens with one attached hydrogen (secondary N) is 2. The Hall–Kier alpha value is -3.59. The molecule has 0 aromatic heterocycles. The number of carbonyl (C=O) groups is 3. The van der Waals surface area contributed by atoms with E-state index in [0.717, 1.165) is 11.1 Å². The first-order valence-electron chi connectivity index (χ1n) is 10.1. The van der Waals surface area contributed by atoms with Gasteiger partial charge in [-0.05, 0) is 55.2 Å². The lowest BCUT2D eigenvalue weighted by molar-refractivity contribution is -0.130. The molecule has 0 saturated heterocycles. The SMILES string of the molecule is COc1ccc(C[C@@H](C=O)NC(=O)[C@@H](C)NC(=O)[C@@H](N)Cc2ccc(O)cc2)cc1OC. The fourth-order valence-electron chi connectivity index (χ4n) is 3.07. The van der Waals surface area contributed by atoms with Crippen LogP contribution in [0.25, 0.3) is 0 Å². The Morgan fingerprint density at radius 2 is 1.59 bits per heavy atom. The van der Waals surface area contributed by atoms with Gasteiger partial charge < -0.3 is 35.7 Å². The molecule has 0 aliphatic carbocycles. The Morgan fingerprint density at radius 3 is 2.19 bits per heavy atom. The number of amides is 2. The van der Waals surface area contributed by atoms with Crippen molar-refractivity contribution in [3.8, 4) is 17.2 Å². The molecule has 2 amide bonds. The second kappa shape index (κ2) is 11.7. The fourth-order valence-corrected chi connectivity index (χ4v) is 3.07. The highest BCUT2D eigenvalue weighted by Crippen LogP contribution is 2.27. The maximum Gasteiger partial charge on any atom is 0.242 e. The van der Waals surface area contributed by atoms with E-state index < -0.39 is 29.9 Å². The molecule has 2 rings (SSSR count). The van der Waals surface area contributed by atoms with Crippen molar-refractivity contribution in [3.05, 3.63) is 53.6 Å². The minimum atomic E-state index is -0.888. The Balaban J connectivity index is 1.91. The molecule has 172 valence electrons. The van der Waals surface area contributed by atoms with Crippen LogP contribution < -0.4 is 25.8 Å². The van der Waals surface area contributed by atoms with Crippen molar-refractivity contribution in [2.75, 3.05) is 14.2 Å². The molecule has 0 radical (unpaired) electrons. The highest BCUT2D eigenvalue weighted by atomic mass is 16.5. The van der Waals surface area contributed by atoms with E-state index in [-0.39, 0.29) is 18.6 Å².